The summed E-state index contributed by atoms with van der Waals surface area (Å²) in [6, 6.07) is 35.2. The van der Waals surface area contributed by atoms with Crippen molar-refractivity contribution in [2.75, 3.05) is 74.7 Å². The number of benzene rings is 8. The first-order valence-electron chi connectivity index (χ1n) is 30.9. The summed E-state index contributed by atoms with van der Waals surface area (Å²) >= 11 is 45.9. The largest absolute Gasteiger partial charge is 1.00 e. The van der Waals surface area contributed by atoms with Gasteiger partial charge in [0.15, 0.2) is 0 Å². The summed E-state index contributed by atoms with van der Waals surface area (Å²) in [7, 11) is 10.8. The van der Waals surface area contributed by atoms with Gasteiger partial charge in [-0.3, -0.25) is 14.0 Å². The van der Waals surface area contributed by atoms with Crippen LogP contribution in [-0.2, 0) is 9.47 Å². The van der Waals surface area contributed by atoms with E-state index >= 15 is 0 Å². The number of alkyl halides is 1. The quantitative estimate of drug-likeness (QED) is 0.0238. The van der Waals surface area contributed by atoms with Gasteiger partial charge in [-0.2, -0.15) is 0 Å². The van der Waals surface area contributed by atoms with E-state index < -0.39 is 31.0 Å². The zero-order valence-electron chi connectivity index (χ0n) is 62.0. The number of amides is 2. The van der Waals surface area contributed by atoms with Gasteiger partial charge in [-0.25, -0.2) is 14.4 Å². The van der Waals surface area contributed by atoms with Crippen LogP contribution in [0.1, 0.15) is 94.7 Å². The summed E-state index contributed by atoms with van der Waals surface area (Å²) in [6.45, 7) is 11.3. The van der Waals surface area contributed by atoms with Crippen LogP contribution < -0.4 is 76.9 Å². The van der Waals surface area contributed by atoms with Crippen molar-refractivity contribution in [3.05, 3.63) is 197 Å². The Labute approximate surface area is 736 Å². The third-order valence-corrected chi connectivity index (χ3v) is 16.0. The van der Waals surface area contributed by atoms with Gasteiger partial charge in [0.25, 0.3) is 18.1 Å². The second kappa shape index (κ2) is 56.3. The van der Waals surface area contributed by atoms with Gasteiger partial charge in [0.1, 0.15) is 88.4 Å². The molecule has 37 heteroatoms. The molecule has 8 aromatic rings. The summed E-state index contributed by atoms with van der Waals surface area (Å²) in [5.41, 5.74) is 2.59. The van der Waals surface area contributed by atoms with E-state index in [-0.39, 0.29) is 68.1 Å². The average Bonchev–Trinajstić information content (AvgIpc) is 0.822. The zero-order chi connectivity index (χ0) is 82.1. The van der Waals surface area contributed by atoms with Crippen molar-refractivity contribution in [2.24, 2.45) is 0 Å². The van der Waals surface area contributed by atoms with Crippen LogP contribution >= 0.6 is 173 Å². The van der Waals surface area contributed by atoms with Gasteiger partial charge in [0.2, 0.25) is 0 Å². The number of anilines is 2. The van der Waals surface area contributed by atoms with Crippen LogP contribution in [0, 0.1) is 22.2 Å². The first-order valence-corrected chi connectivity index (χ1v) is 38.1. The van der Waals surface area contributed by atoms with Crippen molar-refractivity contribution in [3.8, 4) is 69.5 Å². The summed E-state index contributed by atoms with van der Waals surface area (Å²) in [5, 5.41) is 33.6. The maximum Gasteiger partial charge on any atom is 1.00 e. The van der Waals surface area contributed by atoms with Crippen molar-refractivity contribution in [1.82, 2.24) is 0 Å². The molecule has 0 heterocycles. The average molecular weight is 2140 g/mol. The van der Waals surface area contributed by atoms with Crippen LogP contribution in [0.2, 0.25) is 25.1 Å². The molecule has 0 bridgehead atoms. The number of nitriles is 1. The number of aromatic hydroxyl groups is 1. The number of carbonyl (C=O) groups excluding carboxylic acids is 4. The molecule has 0 aliphatic carbocycles. The number of nitrogens with one attached hydrogen (secondary N) is 2. The monoisotopic (exact) mass is 2130 g/mol. The van der Waals surface area contributed by atoms with E-state index in [1.807, 2.05) is 65.8 Å². The van der Waals surface area contributed by atoms with Gasteiger partial charge in [0.05, 0.1) is 100 Å². The standard InChI is InChI=1S/C19H20ClNO5.C18H18ClNO5.C10H12ClIO2.C9H7NO3.C8H8ClIO2.C7H6ClIO2.CH3F.BBr3.Li.H2O/c1-11(2)26-16-10-13(9-15(24-3)17(16)20)18(22)21-14-7-5-12(6-8-14)19(23)25-4;1-10(2)25-15-9-12(8-14(24-3)16(15)19)17(21)20-13-6-4-11(5-7-13)18(22)23;1-6(2)14-9-5-7(12)4-8(13-3)10(9)11;1-12-9(11)7-2-4-8(5-3-7)13-6-10;1-11-6-3-5(10)4-7(12-2)8(6)9;1-11-6-3-4(9)2-5(10)7(6)8;1-2;2-1(3)4;;/h5-11H,1-4H3,(H,21,22);4-10H,1-3H3,(H,20,21)(H,22,23);4-6H,1-3H3;2-5H,1H3;3-4H,1-2H3;2-3,10H,1H3;1H3;;;1H2/q;;;;;;;;+1;/p-1/i;;;;;;1D;;;. The Morgan fingerprint density at radius 2 is 0.716 bits per heavy atom. The van der Waals surface area contributed by atoms with Crippen molar-refractivity contribution in [3.63, 3.8) is 0 Å². The van der Waals surface area contributed by atoms with Crippen LogP contribution in [0.4, 0.5) is 15.8 Å². The number of ether oxygens (including phenoxy) is 12. The molecule has 23 nitrogen and oxygen atoms in total. The molecule has 0 unspecified atom stereocenters. The predicted molar refractivity (Wildman–Crippen MR) is 456 cm³/mol. The number of carbonyl (C=O) groups is 5. The predicted octanol–water partition coefficient (Wildman–Crippen LogP) is 18.5. The summed E-state index contributed by atoms with van der Waals surface area (Å²) in [6.07, 6.45) is 1.41. The van der Waals surface area contributed by atoms with E-state index in [1.54, 1.807) is 63.8 Å². The van der Waals surface area contributed by atoms with E-state index in [4.69, 9.17) is 112 Å². The Bertz CT molecular complexity index is 4230. The maximum atomic E-state index is 12.5. The van der Waals surface area contributed by atoms with Crippen molar-refractivity contribution in [1.29, 1.82) is 5.26 Å². The molecular weight excluding hydrogens is 2060 g/mol. The number of nitrogens with zero attached hydrogens (tertiary/aromatic N) is 1. The summed E-state index contributed by atoms with van der Waals surface area (Å²) in [5.74, 6) is 2.28. The maximum absolute atomic E-state index is 12.5. The van der Waals surface area contributed by atoms with Crippen LogP contribution in [0.15, 0.2) is 133 Å². The number of halogens is 12. The molecule has 5 N–H and O–H groups in total. The molecule has 0 saturated heterocycles. The number of hydrogen-bond acceptors (Lipinski definition) is 20. The molecular formula is C72H75BBr3Cl5FI3LiN3O20. The topological polar surface area (TPSA) is 314 Å². The number of phenolic OH excluding ortho intramolecular Hbond substituents is 1. The van der Waals surface area contributed by atoms with Gasteiger partial charge in [-0.05, 0) is 243 Å². The Kier molecular flexibility index (Phi) is 53.2. The fourth-order valence-corrected chi connectivity index (χ4v) is 10.5. The molecule has 0 radical (unpaired) electrons. The zero-order valence-corrected chi connectivity index (χ0v) is 76.0. The Balaban J connectivity index is 0. The number of carboxylic acid groups (broad SMARTS) is 1. The van der Waals surface area contributed by atoms with Crippen LogP contribution in [0.5, 0.6) is 63.2 Å². The molecule has 586 valence electrons. The van der Waals surface area contributed by atoms with Gasteiger partial charge in [-0.15, -0.1) is 52.5 Å². The molecule has 8 rings (SSSR count). The number of esters is 2. The molecule has 2 amide bonds. The molecule has 0 spiro atoms. The molecule has 0 aromatic heterocycles. The third kappa shape index (κ3) is 38.4. The second-order valence-corrected chi connectivity index (χ2v) is 32.8. The molecule has 109 heavy (non-hydrogen) atoms. The smallest absolute Gasteiger partial charge is 0.870 e. The molecule has 0 atom stereocenters. The van der Waals surface area contributed by atoms with Crippen molar-refractivity contribution in [2.45, 2.75) is 59.9 Å². The first kappa shape index (κ1) is 103. The molecule has 0 aliphatic heterocycles. The van der Waals surface area contributed by atoms with Gasteiger partial charge < -0.3 is 83.2 Å². The second-order valence-electron chi connectivity index (χ2n) is 20.8. The van der Waals surface area contributed by atoms with Gasteiger partial charge in [-0.1, -0.05) is 58.0 Å². The number of methoxy groups -OCH3 is 8. The Hall–Kier alpha value is -5.97. The van der Waals surface area contributed by atoms with E-state index in [0.717, 1.165) is 10.7 Å². The molecule has 0 saturated carbocycles. The van der Waals surface area contributed by atoms with E-state index in [2.05, 4.69) is 140 Å². The van der Waals surface area contributed by atoms with Crippen LogP contribution in [0.25, 0.3) is 0 Å². The van der Waals surface area contributed by atoms with Gasteiger partial charge in [0, 0.05) is 33.2 Å². The number of rotatable bonds is 20. The third-order valence-electron chi connectivity index (χ3n) is 12.3. The Morgan fingerprint density at radius 3 is 1.00 bits per heavy atom. The van der Waals surface area contributed by atoms with E-state index in [1.165, 1.54) is 109 Å². The number of carboxylic acids is 1. The fraction of sp³-hybridized carbons (Fsp3) is 0.250. The van der Waals surface area contributed by atoms with Crippen molar-refractivity contribution >= 4 is 217 Å². The SMILES string of the molecule is BrB(Br)Br.COC(=O)c1ccc(NC(=O)c2cc(OC)c(Cl)c(OC(C)C)c2)cc1.COC(=O)c1ccc(OC#N)cc1.COc1cc(C(=O)Nc2ccc(C(=O)O)cc2)cc(OC(C)C)c1Cl.COc1cc(I)cc(O)c1Cl.COc1cc(I)cc(OC(C)C)c1Cl.COc1cc(I)cc(OC)c1Cl.[2H]CF.[Li+].[OH-]. The summed E-state index contributed by atoms with van der Waals surface area (Å²) < 4.78 is 79.8. The summed E-state index contributed by atoms with van der Waals surface area (Å²) in [4.78, 5) is 58.3. The molecule has 0 aliphatic rings. The first-order chi connectivity index (χ1) is 51.0. The van der Waals surface area contributed by atoms with E-state index in [0.29, 0.717) is 111 Å². The number of hydrogen-bond donors (Lipinski definition) is 4. The minimum Gasteiger partial charge on any atom is -0.870 e. The number of phenols is 1. The minimum atomic E-state index is -1.03. The molecule has 8 aromatic carbocycles. The van der Waals surface area contributed by atoms with Crippen LogP contribution in [0.3, 0.4) is 0 Å². The normalized spacial score (nSPS) is 9.71. The Morgan fingerprint density at radius 1 is 0.468 bits per heavy atom. The van der Waals surface area contributed by atoms with E-state index in [9.17, 15) is 33.5 Å². The minimum absolute atomic E-state index is 0. The van der Waals surface area contributed by atoms with Crippen molar-refractivity contribution < 1.29 is 121 Å². The van der Waals surface area contributed by atoms with Crippen LogP contribution in [-0.4, -0.2) is 131 Å². The van der Waals surface area contributed by atoms with Gasteiger partial charge >= 0.3 is 40.0 Å². The fourth-order valence-electron chi connectivity index (χ4n) is 7.69. The number of aromatic carboxylic acids is 1. The molecule has 0 fully saturated rings.